The maximum atomic E-state index is 6.25. The van der Waals surface area contributed by atoms with E-state index in [1.54, 1.807) is 23.7 Å². The van der Waals surface area contributed by atoms with Crippen molar-refractivity contribution >= 4 is 44.8 Å². The van der Waals surface area contributed by atoms with Crippen molar-refractivity contribution in [1.29, 1.82) is 0 Å². The lowest BCUT2D eigenvalue weighted by atomic mass is 9.90. The predicted molar refractivity (Wildman–Crippen MR) is 88.0 cm³/mol. The van der Waals surface area contributed by atoms with Gasteiger partial charge in [-0.05, 0) is 35.4 Å². The van der Waals surface area contributed by atoms with Crippen LogP contribution < -0.4 is 5.46 Å². The van der Waals surface area contributed by atoms with Gasteiger partial charge >= 0.3 is 0 Å². The van der Waals surface area contributed by atoms with E-state index in [1.807, 2.05) is 18.2 Å². The van der Waals surface area contributed by atoms with Crippen molar-refractivity contribution < 1.29 is 0 Å². The molecule has 0 aliphatic heterocycles. The third-order valence-electron chi connectivity index (χ3n) is 3.52. The van der Waals surface area contributed by atoms with Crippen LogP contribution in [0.5, 0.6) is 0 Å². The van der Waals surface area contributed by atoms with Crippen LogP contribution in [0.3, 0.4) is 0 Å². The molecule has 2 heterocycles. The molecule has 1 nitrogen and oxygen atoms in total. The number of nitrogens with zero attached hydrogens (tertiary/aromatic N) is 1. The van der Waals surface area contributed by atoms with Crippen LogP contribution in [0, 0.1) is 0 Å². The predicted octanol–water partition coefficient (Wildman–Crippen LogP) is 3.91. The molecule has 0 amide bonds. The summed E-state index contributed by atoms with van der Waals surface area (Å²) in [5.74, 6) is 0. The number of pyridine rings is 1. The monoisotopic (exact) mass is 271 g/mol. The van der Waals surface area contributed by atoms with Crippen LogP contribution >= 0.6 is 11.3 Å². The molecule has 4 aromatic rings. The van der Waals surface area contributed by atoms with Gasteiger partial charge in [-0.25, -0.2) is 0 Å². The lowest BCUT2D eigenvalue weighted by Gasteiger charge is -2.05. The van der Waals surface area contributed by atoms with Crippen LogP contribution in [0.1, 0.15) is 0 Å². The molecule has 0 saturated carbocycles. The summed E-state index contributed by atoms with van der Waals surface area (Å²) >= 11 is 1.75. The Labute approximate surface area is 122 Å². The molecule has 0 N–H and O–H groups in total. The Kier molecular flexibility index (Phi) is 2.61. The zero-order valence-corrected chi connectivity index (χ0v) is 11.5. The largest absolute Gasteiger partial charge is 0.265 e. The molecule has 0 spiro atoms. The molecule has 92 valence electrons. The van der Waals surface area contributed by atoms with Gasteiger partial charge in [-0.3, -0.25) is 4.98 Å². The minimum Gasteiger partial charge on any atom is -0.265 e. The Morgan fingerprint density at radius 2 is 1.65 bits per heavy atom. The summed E-state index contributed by atoms with van der Waals surface area (Å²) in [6.45, 7) is 0. The molecule has 0 unspecified atom stereocenters. The first-order chi connectivity index (χ1) is 9.83. The van der Waals surface area contributed by atoms with Crippen molar-refractivity contribution in [2.24, 2.45) is 0 Å². The second-order valence-electron chi connectivity index (χ2n) is 4.78. The normalized spacial score (nSPS) is 11.2. The maximum absolute atomic E-state index is 6.25. The Morgan fingerprint density at radius 3 is 2.50 bits per heavy atom. The van der Waals surface area contributed by atoms with Gasteiger partial charge < -0.3 is 0 Å². The van der Waals surface area contributed by atoms with E-state index in [1.165, 1.54) is 20.2 Å². The highest BCUT2D eigenvalue weighted by Crippen LogP contribution is 2.34. The van der Waals surface area contributed by atoms with E-state index in [9.17, 15) is 0 Å². The quantitative estimate of drug-likeness (QED) is 0.478. The first-order valence-corrected chi connectivity index (χ1v) is 7.26. The molecule has 0 fully saturated rings. The summed E-state index contributed by atoms with van der Waals surface area (Å²) in [7, 11) is 6.25. The highest BCUT2D eigenvalue weighted by atomic mass is 32.1. The van der Waals surface area contributed by atoms with E-state index in [0.29, 0.717) is 0 Å². The number of hydrogen-bond acceptors (Lipinski definition) is 2. The molecule has 2 aromatic carbocycles. The van der Waals surface area contributed by atoms with Crippen molar-refractivity contribution in [3.05, 3.63) is 60.9 Å². The molecule has 0 aliphatic carbocycles. The highest BCUT2D eigenvalue weighted by molar-refractivity contribution is 7.26. The van der Waals surface area contributed by atoms with Gasteiger partial charge in [0.1, 0.15) is 7.85 Å². The van der Waals surface area contributed by atoms with Crippen LogP contribution in [0.15, 0.2) is 60.9 Å². The standard InChI is InChI=1S/C17H10BNS/c18-15-10-12(11-5-7-19-8-6-11)9-14-13-3-1-2-4-16(13)20-17(14)15/h1-10H. The number of fused-ring (bicyclic) bond motifs is 3. The first-order valence-electron chi connectivity index (χ1n) is 6.44. The SMILES string of the molecule is [B]c1cc(-c2ccncc2)cc2c1sc1ccccc12. The molecule has 4 rings (SSSR count). The lowest BCUT2D eigenvalue weighted by Crippen LogP contribution is -2.02. The number of benzene rings is 2. The van der Waals surface area contributed by atoms with Gasteiger partial charge in [-0.15, -0.1) is 11.3 Å². The molecule has 0 aliphatic rings. The van der Waals surface area contributed by atoms with Crippen LogP contribution in [0.25, 0.3) is 31.3 Å². The average Bonchev–Trinajstić information content (AvgIpc) is 2.88. The molecule has 0 bridgehead atoms. The molecule has 3 heteroatoms. The number of rotatable bonds is 1. The van der Waals surface area contributed by atoms with Gasteiger partial charge in [0.15, 0.2) is 0 Å². The van der Waals surface area contributed by atoms with E-state index in [2.05, 4.69) is 35.3 Å². The van der Waals surface area contributed by atoms with Crippen molar-refractivity contribution in [3.8, 4) is 11.1 Å². The fourth-order valence-corrected chi connectivity index (χ4v) is 3.67. The number of thiophene rings is 1. The molecule has 2 aromatic heterocycles. The summed E-state index contributed by atoms with van der Waals surface area (Å²) in [6.07, 6.45) is 3.61. The molecular weight excluding hydrogens is 261 g/mol. The minimum atomic E-state index is 0.843. The Hall–Kier alpha value is -2.13. The van der Waals surface area contributed by atoms with E-state index in [-0.39, 0.29) is 0 Å². The van der Waals surface area contributed by atoms with Gasteiger partial charge in [0.05, 0.1) is 0 Å². The topological polar surface area (TPSA) is 12.9 Å². The molecule has 2 radical (unpaired) electrons. The van der Waals surface area contributed by atoms with Crippen LogP contribution in [-0.4, -0.2) is 12.8 Å². The van der Waals surface area contributed by atoms with Gasteiger partial charge in [0.25, 0.3) is 0 Å². The zero-order valence-electron chi connectivity index (χ0n) is 10.7. The van der Waals surface area contributed by atoms with Gasteiger partial charge in [-0.1, -0.05) is 29.7 Å². The number of aromatic nitrogens is 1. The third-order valence-corrected chi connectivity index (χ3v) is 4.76. The van der Waals surface area contributed by atoms with Crippen molar-refractivity contribution in [2.75, 3.05) is 0 Å². The van der Waals surface area contributed by atoms with Crippen LogP contribution in [0.4, 0.5) is 0 Å². The average molecular weight is 271 g/mol. The van der Waals surface area contributed by atoms with E-state index >= 15 is 0 Å². The lowest BCUT2D eigenvalue weighted by molar-refractivity contribution is 1.33. The van der Waals surface area contributed by atoms with E-state index in [4.69, 9.17) is 7.85 Å². The van der Waals surface area contributed by atoms with Gasteiger partial charge in [0, 0.05) is 32.6 Å². The molecular formula is C17H10BNS. The summed E-state index contributed by atoms with van der Waals surface area (Å²) in [5, 5.41) is 2.51. The minimum absolute atomic E-state index is 0.843. The Balaban J connectivity index is 2.08. The Morgan fingerprint density at radius 1 is 0.850 bits per heavy atom. The number of hydrogen-bond donors (Lipinski definition) is 0. The first kappa shape index (κ1) is 11.7. The third kappa shape index (κ3) is 1.74. The summed E-state index contributed by atoms with van der Waals surface area (Å²) in [5.41, 5.74) is 3.13. The van der Waals surface area contributed by atoms with E-state index < -0.39 is 0 Å². The van der Waals surface area contributed by atoms with Gasteiger partial charge in [-0.2, -0.15) is 0 Å². The summed E-state index contributed by atoms with van der Waals surface area (Å²) in [6, 6.07) is 16.7. The summed E-state index contributed by atoms with van der Waals surface area (Å²) in [4.78, 5) is 4.07. The van der Waals surface area contributed by atoms with Crippen molar-refractivity contribution in [1.82, 2.24) is 4.98 Å². The van der Waals surface area contributed by atoms with Crippen molar-refractivity contribution in [2.45, 2.75) is 0 Å². The Bertz CT molecular complexity index is 912. The van der Waals surface area contributed by atoms with Crippen LogP contribution in [0.2, 0.25) is 0 Å². The fraction of sp³-hybridized carbons (Fsp3) is 0. The van der Waals surface area contributed by atoms with Crippen molar-refractivity contribution in [3.63, 3.8) is 0 Å². The maximum Gasteiger partial charge on any atom is 0.115 e. The van der Waals surface area contributed by atoms with Crippen LogP contribution in [-0.2, 0) is 0 Å². The van der Waals surface area contributed by atoms with Gasteiger partial charge in [0.2, 0.25) is 0 Å². The summed E-state index contributed by atoms with van der Waals surface area (Å²) < 4.78 is 2.45. The molecule has 20 heavy (non-hydrogen) atoms. The zero-order chi connectivity index (χ0) is 13.5. The second-order valence-corrected chi connectivity index (χ2v) is 5.83. The molecule has 0 saturated heterocycles. The highest BCUT2D eigenvalue weighted by Gasteiger charge is 2.08. The fourth-order valence-electron chi connectivity index (χ4n) is 2.56. The smallest absolute Gasteiger partial charge is 0.115 e. The molecule has 0 atom stereocenters. The van der Waals surface area contributed by atoms with E-state index in [0.717, 1.165) is 16.6 Å². The second kappa shape index (κ2) is 4.46.